The zero-order chi connectivity index (χ0) is 23.7. The maximum absolute atomic E-state index is 13.2. The number of rotatable bonds is 7. The van der Waals surface area contributed by atoms with Gasteiger partial charge in [-0.15, -0.1) is 0 Å². The quantitative estimate of drug-likeness (QED) is 0.588. The summed E-state index contributed by atoms with van der Waals surface area (Å²) in [5, 5.41) is 5.89. The van der Waals surface area contributed by atoms with Crippen LogP contribution in [0.25, 0.3) is 0 Å². The number of halogens is 1. The number of imide groups is 1. The number of urea groups is 1. The lowest BCUT2D eigenvalue weighted by Gasteiger charge is -2.42. The smallest absolute Gasteiger partial charge is 0.325 e. The highest BCUT2D eigenvalue weighted by atomic mass is 35.5. The highest BCUT2D eigenvalue weighted by Crippen LogP contribution is 2.45. The molecule has 9 heteroatoms. The molecule has 1 aliphatic heterocycles. The van der Waals surface area contributed by atoms with Gasteiger partial charge in [0.1, 0.15) is 23.6 Å². The fourth-order valence-electron chi connectivity index (χ4n) is 4.63. The van der Waals surface area contributed by atoms with E-state index in [1.54, 1.807) is 0 Å². The van der Waals surface area contributed by atoms with Crippen molar-refractivity contribution in [2.45, 2.75) is 58.4 Å². The maximum Gasteiger partial charge on any atom is 0.325 e. The van der Waals surface area contributed by atoms with Crippen molar-refractivity contribution in [3.05, 3.63) is 17.2 Å². The second-order valence-electron chi connectivity index (χ2n) is 9.26. The molecule has 176 valence electrons. The fraction of sp³-hybridized carbons (Fsp3) is 0.609. The first-order chi connectivity index (χ1) is 15.1. The molecule has 0 atom stereocenters. The highest BCUT2D eigenvalue weighted by molar-refractivity contribution is 6.32. The van der Waals surface area contributed by atoms with Crippen LogP contribution in [0.15, 0.2) is 12.1 Å². The second kappa shape index (κ2) is 9.17. The first kappa shape index (κ1) is 24.2. The van der Waals surface area contributed by atoms with Gasteiger partial charge in [0.05, 0.1) is 24.9 Å². The van der Waals surface area contributed by atoms with E-state index >= 15 is 0 Å². The summed E-state index contributed by atoms with van der Waals surface area (Å²) < 4.78 is 10.4. The molecule has 2 N–H and O–H groups in total. The lowest BCUT2D eigenvalue weighted by molar-refractivity contribution is -0.135. The molecule has 32 heavy (non-hydrogen) atoms. The predicted molar refractivity (Wildman–Crippen MR) is 122 cm³/mol. The summed E-state index contributed by atoms with van der Waals surface area (Å²) in [5.41, 5.74) is -0.368. The molecule has 1 aromatic carbocycles. The molecule has 0 unspecified atom stereocenters. The zero-order valence-electron chi connectivity index (χ0n) is 19.3. The van der Waals surface area contributed by atoms with Crippen molar-refractivity contribution in [1.82, 2.24) is 10.2 Å². The molecule has 2 fully saturated rings. The van der Waals surface area contributed by atoms with Crippen LogP contribution in [-0.2, 0) is 9.59 Å². The molecule has 0 aromatic heterocycles. The average molecular weight is 466 g/mol. The highest BCUT2D eigenvalue weighted by Gasteiger charge is 2.53. The van der Waals surface area contributed by atoms with E-state index in [-0.39, 0.29) is 17.9 Å². The summed E-state index contributed by atoms with van der Waals surface area (Å²) >= 11 is 6.10. The SMILES string of the molecule is CCC(C)(C)C1CCC2(CC1)NC(=O)N(CC(=O)Nc1cc(OC)c(Cl)cc1OC)C2=O. The number of hydrogen-bond acceptors (Lipinski definition) is 5. The van der Waals surface area contributed by atoms with Crippen LogP contribution in [0.1, 0.15) is 52.9 Å². The number of hydrogen-bond donors (Lipinski definition) is 2. The van der Waals surface area contributed by atoms with E-state index in [2.05, 4.69) is 31.4 Å². The van der Waals surface area contributed by atoms with Crippen LogP contribution in [0, 0.1) is 11.3 Å². The number of benzene rings is 1. The van der Waals surface area contributed by atoms with Crippen molar-refractivity contribution in [2.75, 3.05) is 26.1 Å². The number of nitrogens with zero attached hydrogens (tertiary/aromatic N) is 1. The Morgan fingerprint density at radius 1 is 1.22 bits per heavy atom. The van der Waals surface area contributed by atoms with Gasteiger partial charge in [0, 0.05) is 12.1 Å². The summed E-state index contributed by atoms with van der Waals surface area (Å²) in [5.74, 6) is 0.366. The van der Waals surface area contributed by atoms with Crippen LogP contribution in [0.3, 0.4) is 0 Å². The van der Waals surface area contributed by atoms with Crippen LogP contribution in [0.5, 0.6) is 11.5 Å². The Hall–Kier alpha value is -2.48. The van der Waals surface area contributed by atoms with E-state index in [1.165, 1.54) is 26.4 Å². The second-order valence-corrected chi connectivity index (χ2v) is 9.66. The van der Waals surface area contributed by atoms with Crippen LogP contribution >= 0.6 is 11.6 Å². The lowest BCUT2D eigenvalue weighted by atomic mass is 9.65. The molecule has 0 bridgehead atoms. The Morgan fingerprint density at radius 3 is 2.41 bits per heavy atom. The Balaban J connectivity index is 1.68. The van der Waals surface area contributed by atoms with E-state index in [1.807, 2.05) is 0 Å². The van der Waals surface area contributed by atoms with Gasteiger partial charge in [-0.25, -0.2) is 4.79 Å². The third-order valence-electron chi connectivity index (χ3n) is 7.15. The summed E-state index contributed by atoms with van der Waals surface area (Å²) in [6, 6.07) is 2.53. The molecule has 8 nitrogen and oxygen atoms in total. The molecule has 1 heterocycles. The van der Waals surface area contributed by atoms with Gasteiger partial charge in [-0.05, 0) is 37.0 Å². The van der Waals surface area contributed by atoms with Crippen molar-refractivity contribution in [1.29, 1.82) is 0 Å². The van der Waals surface area contributed by atoms with E-state index in [9.17, 15) is 14.4 Å². The van der Waals surface area contributed by atoms with Gasteiger partial charge in [0.2, 0.25) is 5.91 Å². The minimum Gasteiger partial charge on any atom is -0.495 e. The summed E-state index contributed by atoms with van der Waals surface area (Å²) in [4.78, 5) is 39.5. The van der Waals surface area contributed by atoms with E-state index in [0.29, 0.717) is 41.0 Å². The van der Waals surface area contributed by atoms with Gasteiger partial charge >= 0.3 is 6.03 Å². The third-order valence-corrected chi connectivity index (χ3v) is 7.45. The third kappa shape index (κ3) is 4.51. The fourth-order valence-corrected chi connectivity index (χ4v) is 4.86. The standard InChI is InChI=1S/C23H32ClN3O5/c1-6-22(2,3)14-7-9-23(10-8-14)20(29)27(21(30)26-23)13-19(28)25-16-12-17(31-4)15(24)11-18(16)32-5/h11-12,14H,6-10,13H2,1-5H3,(H,25,28)(H,26,30). The van der Waals surface area contributed by atoms with Crippen molar-refractivity contribution in [2.24, 2.45) is 11.3 Å². The number of anilines is 1. The number of carbonyl (C=O) groups is 3. The average Bonchev–Trinajstić information content (AvgIpc) is 2.98. The molecular weight excluding hydrogens is 434 g/mol. The lowest BCUT2D eigenvalue weighted by Crippen LogP contribution is -2.51. The molecule has 1 spiro atoms. The summed E-state index contributed by atoms with van der Waals surface area (Å²) in [6.07, 6.45) is 3.98. The Bertz CT molecular complexity index is 909. The minimum absolute atomic E-state index is 0.200. The number of methoxy groups -OCH3 is 2. The zero-order valence-corrected chi connectivity index (χ0v) is 20.1. The number of carbonyl (C=O) groups excluding carboxylic acids is 3. The largest absolute Gasteiger partial charge is 0.495 e. The van der Waals surface area contributed by atoms with Crippen LogP contribution in [0.2, 0.25) is 5.02 Å². The molecule has 1 aliphatic carbocycles. The summed E-state index contributed by atoms with van der Waals surface area (Å²) in [7, 11) is 2.91. The van der Waals surface area contributed by atoms with Crippen LogP contribution in [-0.4, -0.2) is 49.0 Å². The number of ether oxygens (including phenoxy) is 2. The minimum atomic E-state index is -0.904. The topological polar surface area (TPSA) is 97.0 Å². The van der Waals surface area contributed by atoms with Gasteiger partial charge in [0.25, 0.3) is 5.91 Å². The van der Waals surface area contributed by atoms with Crippen molar-refractivity contribution in [3.63, 3.8) is 0 Å². The molecule has 1 saturated heterocycles. The normalized spacial score (nSPS) is 23.3. The number of nitrogens with one attached hydrogen (secondary N) is 2. The summed E-state index contributed by atoms with van der Waals surface area (Å²) in [6.45, 7) is 6.30. The Morgan fingerprint density at radius 2 is 1.84 bits per heavy atom. The molecular formula is C23H32ClN3O5. The Kier molecular flexibility index (Phi) is 6.93. The first-order valence-corrected chi connectivity index (χ1v) is 11.3. The van der Waals surface area contributed by atoms with Crippen LogP contribution < -0.4 is 20.1 Å². The van der Waals surface area contributed by atoms with Gasteiger partial charge in [-0.2, -0.15) is 0 Å². The van der Waals surface area contributed by atoms with Gasteiger partial charge < -0.3 is 20.1 Å². The van der Waals surface area contributed by atoms with Crippen LogP contribution in [0.4, 0.5) is 10.5 Å². The Labute approximate surface area is 193 Å². The molecule has 3 rings (SSSR count). The molecule has 4 amide bonds. The van der Waals surface area contributed by atoms with Crippen molar-refractivity contribution < 1.29 is 23.9 Å². The van der Waals surface area contributed by atoms with E-state index in [4.69, 9.17) is 21.1 Å². The molecule has 1 aromatic rings. The molecule has 2 aliphatic rings. The monoisotopic (exact) mass is 465 g/mol. The van der Waals surface area contributed by atoms with E-state index in [0.717, 1.165) is 24.2 Å². The maximum atomic E-state index is 13.2. The van der Waals surface area contributed by atoms with Gasteiger partial charge in [-0.1, -0.05) is 38.8 Å². The van der Waals surface area contributed by atoms with Gasteiger partial charge in [0.15, 0.2) is 0 Å². The first-order valence-electron chi connectivity index (χ1n) is 10.9. The molecule has 1 saturated carbocycles. The van der Waals surface area contributed by atoms with E-state index < -0.39 is 17.5 Å². The van der Waals surface area contributed by atoms with Crippen molar-refractivity contribution in [3.8, 4) is 11.5 Å². The predicted octanol–water partition coefficient (Wildman–Crippen LogP) is 4.21. The number of amides is 4. The molecule has 0 radical (unpaired) electrons. The van der Waals surface area contributed by atoms with Gasteiger partial charge in [-0.3, -0.25) is 14.5 Å². The van der Waals surface area contributed by atoms with Crippen molar-refractivity contribution >= 4 is 35.1 Å².